The molecule has 0 aliphatic heterocycles. The molecule has 0 aliphatic rings. The third-order valence-electron chi connectivity index (χ3n) is 3.39. The van der Waals surface area contributed by atoms with E-state index in [1.165, 1.54) is 12.1 Å². The van der Waals surface area contributed by atoms with Crippen LogP contribution in [0.1, 0.15) is 16.2 Å². The summed E-state index contributed by atoms with van der Waals surface area (Å²) in [4.78, 5) is 16.4. The molecule has 0 fully saturated rings. The van der Waals surface area contributed by atoms with E-state index in [0.717, 1.165) is 0 Å². The van der Waals surface area contributed by atoms with Crippen LogP contribution in [0.15, 0.2) is 40.9 Å². The Hall–Kier alpha value is -2.28. The monoisotopic (exact) mass is 412 g/mol. The molecule has 1 aromatic heterocycles. The first-order valence-electron chi connectivity index (χ1n) is 7.28. The third kappa shape index (κ3) is 3.77. The highest BCUT2D eigenvalue weighted by atomic mass is 35.5. The Balaban J connectivity index is 1.75. The van der Waals surface area contributed by atoms with Gasteiger partial charge in [-0.15, -0.1) is 0 Å². The summed E-state index contributed by atoms with van der Waals surface area (Å²) in [6.45, 7) is -0.250. The van der Waals surface area contributed by atoms with Gasteiger partial charge in [0.25, 0.3) is 5.89 Å². The number of hydrogen-bond acceptors (Lipinski definition) is 6. The fourth-order valence-electron chi connectivity index (χ4n) is 2.17. The van der Waals surface area contributed by atoms with Gasteiger partial charge in [-0.25, -0.2) is 4.79 Å². The molecule has 2 aromatic carbocycles. The van der Waals surface area contributed by atoms with Gasteiger partial charge in [-0.2, -0.15) is 4.98 Å². The van der Waals surface area contributed by atoms with E-state index in [4.69, 9.17) is 48.8 Å². The Bertz CT molecular complexity index is 959. The SMILES string of the molecule is COc1ccccc1-c1noc(COC(=O)c2c(Cl)ccc(Cl)c2Cl)n1. The van der Waals surface area contributed by atoms with Crippen molar-refractivity contribution >= 4 is 40.8 Å². The van der Waals surface area contributed by atoms with Crippen LogP contribution in [-0.2, 0) is 11.3 Å². The number of rotatable bonds is 5. The second-order valence-corrected chi connectivity index (χ2v) is 6.20. The first-order chi connectivity index (χ1) is 12.5. The molecule has 0 unspecified atom stereocenters. The lowest BCUT2D eigenvalue weighted by molar-refractivity contribution is 0.0430. The van der Waals surface area contributed by atoms with E-state index in [2.05, 4.69) is 10.1 Å². The van der Waals surface area contributed by atoms with Gasteiger partial charge in [0.2, 0.25) is 5.82 Å². The zero-order chi connectivity index (χ0) is 18.7. The van der Waals surface area contributed by atoms with E-state index >= 15 is 0 Å². The van der Waals surface area contributed by atoms with Crippen molar-refractivity contribution < 1.29 is 18.8 Å². The van der Waals surface area contributed by atoms with Crippen molar-refractivity contribution in [2.75, 3.05) is 7.11 Å². The van der Waals surface area contributed by atoms with Crippen molar-refractivity contribution in [3.05, 3.63) is 62.9 Å². The zero-order valence-corrected chi connectivity index (χ0v) is 15.6. The van der Waals surface area contributed by atoms with Crippen LogP contribution in [0.5, 0.6) is 5.75 Å². The van der Waals surface area contributed by atoms with Crippen molar-refractivity contribution in [3.8, 4) is 17.1 Å². The molecule has 0 N–H and O–H groups in total. The van der Waals surface area contributed by atoms with E-state index in [9.17, 15) is 4.79 Å². The molecule has 26 heavy (non-hydrogen) atoms. The van der Waals surface area contributed by atoms with Crippen molar-refractivity contribution in [1.82, 2.24) is 10.1 Å². The molecule has 9 heteroatoms. The molecule has 0 saturated heterocycles. The summed E-state index contributed by atoms with van der Waals surface area (Å²) < 4.78 is 15.5. The van der Waals surface area contributed by atoms with E-state index in [0.29, 0.717) is 17.1 Å². The van der Waals surface area contributed by atoms with Gasteiger partial charge in [-0.3, -0.25) is 0 Å². The average Bonchev–Trinajstić information content (AvgIpc) is 3.12. The van der Waals surface area contributed by atoms with Crippen LogP contribution < -0.4 is 4.74 Å². The van der Waals surface area contributed by atoms with E-state index in [1.807, 2.05) is 12.1 Å². The summed E-state index contributed by atoms with van der Waals surface area (Å²) in [7, 11) is 1.54. The summed E-state index contributed by atoms with van der Waals surface area (Å²) in [6.07, 6.45) is 0. The summed E-state index contributed by atoms with van der Waals surface area (Å²) in [5.41, 5.74) is 0.627. The predicted molar refractivity (Wildman–Crippen MR) is 96.9 cm³/mol. The number of methoxy groups -OCH3 is 1. The maximum absolute atomic E-state index is 12.2. The number of halogens is 3. The van der Waals surface area contributed by atoms with E-state index < -0.39 is 5.97 Å². The van der Waals surface area contributed by atoms with Crippen LogP contribution in [0.2, 0.25) is 15.1 Å². The lowest BCUT2D eigenvalue weighted by atomic mass is 10.2. The zero-order valence-electron chi connectivity index (χ0n) is 13.3. The van der Waals surface area contributed by atoms with Crippen molar-refractivity contribution in [2.24, 2.45) is 0 Å². The number of carbonyl (C=O) groups excluding carboxylic acids is 1. The van der Waals surface area contributed by atoms with Gasteiger partial charge in [-0.05, 0) is 24.3 Å². The van der Waals surface area contributed by atoms with Crippen molar-refractivity contribution in [1.29, 1.82) is 0 Å². The third-order valence-corrected chi connectivity index (χ3v) is 4.51. The molecule has 134 valence electrons. The minimum Gasteiger partial charge on any atom is -0.496 e. The Kier molecular flexibility index (Phi) is 5.66. The maximum atomic E-state index is 12.2. The quantitative estimate of drug-likeness (QED) is 0.430. The molecule has 0 radical (unpaired) electrons. The smallest absolute Gasteiger partial charge is 0.341 e. The number of carbonyl (C=O) groups is 1. The van der Waals surface area contributed by atoms with Crippen LogP contribution in [0.25, 0.3) is 11.4 Å². The Morgan fingerprint density at radius 3 is 2.62 bits per heavy atom. The number of para-hydroxylation sites is 1. The average molecular weight is 414 g/mol. The lowest BCUT2D eigenvalue weighted by Crippen LogP contribution is -2.07. The molecule has 0 spiro atoms. The van der Waals surface area contributed by atoms with Crippen LogP contribution >= 0.6 is 34.8 Å². The van der Waals surface area contributed by atoms with Gasteiger partial charge in [-0.1, -0.05) is 52.1 Å². The fraction of sp³-hybridized carbons (Fsp3) is 0.118. The second kappa shape index (κ2) is 7.95. The number of esters is 1. The van der Waals surface area contributed by atoms with Gasteiger partial charge < -0.3 is 14.0 Å². The normalized spacial score (nSPS) is 10.6. The van der Waals surface area contributed by atoms with Crippen LogP contribution in [0.4, 0.5) is 0 Å². The molecule has 6 nitrogen and oxygen atoms in total. The van der Waals surface area contributed by atoms with E-state index in [1.54, 1.807) is 19.2 Å². The van der Waals surface area contributed by atoms with Gasteiger partial charge in [0, 0.05) is 0 Å². The predicted octanol–water partition coefficient (Wildman–Crippen LogP) is 5.06. The van der Waals surface area contributed by atoms with E-state index in [-0.39, 0.29) is 33.1 Å². The van der Waals surface area contributed by atoms with Gasteiger partial charge in [0.15, 0.2) is 6.61 Å². The molecular weight excluding hydrogens is 403 g/mol. The first kappa shape index (κ1) is 18.5. The second-order valence-electron chi connectivity index (χ2n) is 5.01. The highest BCUT2D eigenvalue weighted by molar-refractivity contribution is 6.46. The van der Waals surface area contributed by atoms with Crippen molar-refractivity contribution in [3.63, 3.8) is 0 Å². The molecule has 0 saturated carbocycles. The highest BCUT2D eigenvalue weighted by Crippen LogP contribution is 2.32. The summed E-state index contributed by atoms with van der Waals surface area (Å²) in [6, 6.07) is 10.1. The first-order valence-corrected chi connectivity index (χ1v) is 8.41. The summed E-state index contributed by atoms with van der Waals surface area (Å²) in [5.74, 6) is 0.259. The maximum Gasteiger partial charge on any atom is 0.341 e. The number of aromatic nitrogens is 2. The minimum atomic E-state index is -0.750. The minimum absolute atomic E-state index is 0.0180. The molecule has 1 heterocycles. The lowest BCUT2D eigenvalue weighted by Gasteiger charge is -2.07. The molecule has 0 amide bonds. The Labute approximate surface area is 163 Å². The van der Waals surface area contributed by atoms with Crippen LogP contribution in [0.3, 0.4) is 0 Å². The number of ether oxygens (including phenoxy) is 2. The van der Waals surface area contributed by atoms with Gasteiger partial charge in [0.1, 0.15) is 5.75 Å². The van der Waals surface area contributed by atoms with Gasteiger partial charge >= 0.3 is 5.97 Å². The topological polar surface area (TPSA) is 74.5 Å². The molecule has 0 atom stereocenters. The molecule has 3 rings (SSSR count). The Morgan fingerprint density at radius 2 is 1.85 bits per heavy atom. The fourth-order valence-corrected chi connectivity index (χ4v) is 2.85. The highest BCUT2D eigenvalue weighted by Gasteiger charge is 2.20. The standard InChI is InChI=1S/C17H11Cl3N2O4/c1-24-12-5-3-2-4-9(12)16-21-13(26-22-16)8-25-17(23)14-10(18)6-7-11(19)15(14)20/h2-7H,8H2,1H3. The van der Waals surface area contributed by atoms with Crippen molar-refractivity contribution in [2.45, 2.75) is 6.61 Å². The van der Waals surface area contributed by atoms with Gasteiger partial charge in [0.05, 0.1) is 33.3 Å². The number of nitrogens with zero attached hydrogens (tertiary/aromatic N) is 2. The Morgan fingerprint density at radius 1 is 1.12 bits per heavy atom. The summed E-state index contributed by atoms with van der Waals surface area (Å²) >= 11 is 17.9. The number of hydrogen-bond donors (Lipinski definition) is 0. The van der Waals surface area contributed by atoms with Crippen LogP contribution in [-0.4, -0.2) is 23.2 Å². The molecule has 3 aromatic rings. The number of benzene rings is 2. The van der Waals surface area contributed by atoms with Crippen LogP contribution in [0, 0.1) is 0 Å². The molecular formula is C17H11Cl3N2O4. The molecule has 0 bridgehead atoms. The largest absolute Gasteiger partial charge is 0.496 e. The summed E-state index contributed by atoms with van der Waals surface area (Å²) in [5, 5.41) is 4.21. The molecule has 0 aliphatic carbocycles.